The van der Waals surface area contributed by atoms with E-state index in [-0.39, 0.29) is 0 Å². The maximum atomic E-state index is 6.58. The molecule has 0 saturated heterocycles. The molecule has 0 aliphatic carbocycles. The van der Waals surface area contributed by atoms with E-state index >= 15 is 0 Å². The molecule has 3 aromatic heterocycles. The van der Waals surface area contributed by atoms with Crippen LogP contribution in [-0.2, 0) is 0 Å². The average molecular weight is 669 g/mol. The molecule has 0 amide bonds. The molecular formula is C47H28N2O3. The van der Waals surface area contributed by atoms with Gasteiger partial charge in [0.05, 0.1) is 0 Å². The van der Waals surface area contributed by atoms with Gasteiger partial charge >= 0.3 is 0 Å². The Balaban J connectivity index is 1.09. The van der Waals surface area contributed by atoms with Gasteiger partial charge in [0, 0.05) is 50.2 Å². The van der Waals surface area contributed by atoms with E-state index in [4.69, 9.17) is 18.2 Å². The van der Waals surface area contributed by atoms with E-state index in [0.29, 0.717) is 5.89 Å². The zero-order valence-corrected chi connectivity index (χ0v) is 27.8. The molecule has 11 rings (SSSR count). The van der Waals surface area contributed by atoms with Gasteiger partial charge in [0.15, 0.2) is 5.58 Å². The number of anilines is 3. The Bertz CT molecular complexity index is 3120. The number of oxazole rings is 1. The van der Waals surface area contributed by atoms with Crippen LogP contribution in [0.1, 0.15) is 0 Å². The Kier molecular flexibility index (Phi) is 6.18. The van der Waals surface area contributed by atoms with Crippen molar-refractivity contribution in [3.8, 4) is 22.6 Å². The fraction of sp³-hybridized carbons (Fsp3) is 0. The molecule has 0 atom stereocenters. The van der Waals surface area contributed by atoms with Crippen molar-refractivity contribution in [3.05, 3.63) is 170 Å². The summed E-state index contributed by atoms with van der Waals surface area (Å²) in [4.78, 5) is 7.10. The van der Waals surface area contributed by atoms with Gasteiger partial charge in [-0.15, -0.1) is 0 Å². The standard InChI is InChI=1S/C47H28N2O3/c1-2-9-29(10-3-1)30-17-18-32-26-33(20-19-31(32)25-30)49(34-22-24-42-39(27-34)36-11-4-6-14-41(36)50-42)35-21-23-37-45(28-35)51-44-16-8-12-38(46(37)44)47-48-40-13-5-7-15-43(40)52-47/h1-28H. The highest BCUT2D eigenvalue weighted by molar-refractivity contribution is 6.13. The predicted molar refractivity (Wildman–Crippen MR) is 212 cm³/mol. The number of benzene rings is 8. The molecule has 0 unspecified atom stereocenters. The van der Waals surface area contributed by atoms with Crippen LogP contribution in [0.4, 0.5) is 17.1 Å². The first kappa shape index (κ1) is 28.7. The highest BCUT2D eigenvalue weighted by atomic mass is 16.4. The van der Waals surface area contributed by atoms with Crippen LogP contribution in [0, 0.1) is 0 Å². The van der Waals surface area contributed by atoms with Crippen LogP contribution >= 0.6 is 0 Å². The van der Waals surface area contributed by atoms with E-state index in [1.165, 1.54) is 16.5 Å². The van der Waals surface area contributed by atoms with Crippen molar-refractivity contribution in [1.82, 2.24) is 4.98 Å². The van der Waals surface area contributed by atoms with Crippen molar-refractivity contribution < 1.29 is 13.3 Å². The Hall–Kier alpha value is -7.11. The Morgan fingerprint density at radius 2 is 1.08 bits per heavy atom. The lowest BCUT2D eigenvalue weighted by Gasteiger charge is -2.26. The average Bonchev–Trinajstić information content (AvgIpc) is 3.91. The molecule has 244 valence electrons. The SMILES string of the molecule is c1ccc(-c2ccc3cc(N(c4ccc5c(c4)oc4cccc(-c6nc7ccccc7o6)c45)c4ccc5oc6ccccc6c5c4)ccc3c2)cc1. The van der Waals surface area contributed by atoms with Crippen LogP contribution in [0.5, 0.6) is 0 Å². The van der Waals surface area contributed by atoms with E-state index in [9.17, 15) is 0 Å². The normalized spacial score (nSPS) is 11.8. The number of fused-ring (bicyclic) bond motifs is 8. The van der Waals surface area contributed by atoms with E-state index in [2.05, 4.69) is 120 Å². The van der Waals surface area contributed by atoms with Crippen LogP contribution in [0.15, 0.2) is 183 Å². The molecule has 0 fully saturated rings. The summed E-state index contributed by atoms with van der Waals surface area (Å²) in [5.41, 5.74) is 11.2. The lowest BCUT2D eigenvalue weighted by atomic mass is 10.0. The van der Waals surface area contributed by atoms with Crippen molar-refractivity contribution in [3.63, 3.8) is 0 Å². The summed E-state index contributed by atoms with van der Waals surface area (Å²) in [5, 5.41) is 6.48. The largest absolute Gasteiger partial charge is 0.456 e. The van der Waals surface area contributed by atoms with Crippen molar-refractivity contribution in [2.75, 3.05) is 4.90 Å². The van der Waals surface area contributed by atoms with E-state index in [0.717, 1.165) is 83.0 Å². The van der Waals surface area contributed by atoms with Gasteiger partial charge in [-0.3, -0.25) is 0 Å². The number of hydrogen-bond acceptors (Lipinski definition) is 5. The first-order chi connectivity index (χ1) is 25.7. The van der Waals surface area contributed by atoms with Crippen LogP contribution in [0.25, 0.3) is 88.3 Å². The van der Waals surface area contributed by atoms with E-state index < -0.39 is 0 Å². The first-order valence-electron chi connectivity index (χ1n) is 17.4. The molecule has 52 heavy (non-hydrogen) atoms. The first-order valence-corrected chi connectivity index (χ1v) is 17.4. The van der Waals surface area contributed by atoms with Crippen molar-refractivity contribution in [1.29, 1.82) is 0 Å². The maximum absolute atomic E-state index is 6.58. The topological polar surface area (TPSA) is 55.6 Å². The highest BCUT2D eigenvalue weighted by Crippen LogP contribution is 2.43. The van der Waals surface area contributed by atoms with Crippen LogP contribution in [-0.4, -0.2) is 4.98 Å². The number of hydrogen-bond donors (Lipinski definition) is 0. The molecule has 0 bridgehead atoms. The lowest BCUT2D eigenvalue weighted by molar-refractivity contribution is 0.620. The minimum atomic E-state index is 0.576. The lowest BCUT2D eigenvalue weighted by Crippen LogP contribution is -2.09. The molecule has 8 aromatic carbocycles. The minimum Gasteiger partial charge on any atom is -0.456 e. The molecule has 5 nitrogen and oxygen atoms in total. The van der Waals surface area contributed by atoms with Crippen LogP contribution in [0.2, 0.25) is 0 Å². The third-order valence-electron chi connectivity index (χ3n) is 10.1. The Morgan fingerprint density at radius 1 is 0.385 bits per heavy atom. The second-order valence-corrected chi connectivity index (χ2v) is 13.2. The molecule has 0 saturated carbocycles. The minimum absolute atomic E-state index is 0.576. The second kappa shape index (κ2) is 11.2. The number of rotatable bonds is 5. The molecule has 0 spiro atoms. The zero-order valence-electron chi connectivity index (χ0n) is 27.8. The van der Waals surface area contributed by atoms with Crippen LogP contribution in [0.3, 0.4) is 0 Å². The van der Waals surface area contributed by atoms with Gasteiger partial charge in [-0.25, -0.2) is 4.98 Å². The molecule has 0 aliphatic heterocycles. The quantitative estimate of drug-likeness (QED) is 0.183. The number of aromatic nitrogens is 1. The third-order valence-corrected chi connectivity index (χ3v) is 10.1. The van der Waals surface area contributed by atoms with Gasteiger partial charge in [0.1, 0.15) is 27.8 Å². The monoisotopic (exact) mass is 668 g/mol. The van der Waals surface area contributed by atoms with Crippen molar-refractivity contribution in [2.45, 2.75) is 0 Å². The molecule has 5 heteroatoms. The molecule has 3 heterocycles. The summed E-state index contributed by atoms with van der Waals surface area (Å²) in [5.74, 6) is 0.576. The zero-order chi connectivity index (χ0) is 34.2. The number of furan rings is 2. The molecule has 0 radical (unpaired) electrons. The van der Waals surface area contributed by atoms with Crippen molar-refractivity contribution in [2.24, 2.45) is 0 Å². The number of nitrogens with zero attached hydrogens (tertiary/aromatic N) is 2. The fourth-order valence-corrected chi connectivity index (χ4v) is 7.60. The molecule has 0 N–H and O–H groups in total. The van der Waals surface area contributed by atoms with Crippen molar-refractivity contribution >= 4 is 82.8 Å². The highest BCUT2D eigenvalue weighted by Gasteiger charge is 2.20. The Morgan fingerprint density at radius 3 is 2.00 bits per heavy atom. The Labute approximate surface area is 297 Å². The summed E-state index contributed by atoms with van der Waals surface area (Å²) in [7, 11) is 0. The smallest absolute Gasteiger partial charge is 0.228 e. The molecule has 0 aliphatic rings. The fourth-order valence-electron chi connectivity index (χ4n) is 7.60. The van der Waals surface area contributed by atoms with Gasteiger partial charge < -0.3 is 18.2 Å². The third kappa shape index (κ3) is 4.53. The molecule has 11 aromatic rings. The van der Waals surface area contributed by atoms with E-state index in [1.54, 1.807) is 0 Å². The van der Waals surface area contributed by atoms with Crippen LogP contribution < -0.4 is 4.90 Å². The predicted octanol–water partition coefficient (Wildman–Crippen LogP) is 13.6. The number of para-hydroxylation sites is 3. The second-order valence-electron chi connectivity index (χ2n) is 13.2. The summed E-state index contributed by atoms with van der Waals surface area (Å²) in [6.45, 7) is 0. The van der Waals surface area contributed by atoms with Gasteiger partial charge in [-0.1, -0.05) is 84.9 Å². The van der Waals surface area contributed by atoms with E-state index in [1.807, 2.05) is 54.6 Å². The maximum Gasteiger partial charge on any atom is 0.228 e. The summed E-state index contributed by atoms with van der Waals surface area (Å²) < 4.78 is 19.0. The summed E-state index contributed by atoms with van der Waals surface area (Å²) in [6.07, 6.45) is 0. The van der Waals surface area contributed by atoms with Gasteiger partial charge in [-0.05, 0) is 101 Å². The van der Waals surface area contributed by atoms with Gasteiger partial charge in [0.2, 0.25) is 5.89 Å². The molecular weight excluding hydrogens is 641 g/mol. The van der Waals surface area contributed by atoms with Gasteiger partial charge in [-0.2, -0.15) is 0 Å². The summed E-state index contributed by atoms with van der Waals surface area (Å²) in [6, 6.07) is 58.8. The van der Waals surface area contributed by atoms with Gasteiger partial charge in [0.25, 0.3) is 0 Å². The summed E-state index contributed by atoms with van der Waals surface area (Å²) >= 11 is 0.